The number of rotatable bonds is 9. The minimum Gasteiger partial charge on any atom is -0.494 e. The molecule has 0 saturated heterocycles. The van der Waals surface area contributed by atoms with Crippen LogP contribution in [0.5, 0.6) is 5.75 Å². The number of anilines is 1. The maximum absolute atomic E-state index is 12.2. The normalized spacial score (nSPS) is 13.5. The molecule has 1 aliphatic carbocycles. The minimum atomic E-state index is -0.0738. The molecule has 0 spiro atoms. The van der Waals surface area contributed by atoms with Crippen molar-refractivity contribution in [3.63, 3.8) is 0 Å². The molecule has 0 unspecified atom stereocenters. The lowest BCUT2D eigenvalue weighted by Crippen LogP contribution is -2.14. The van der Waals surface area contributed by atoms with Crippen LogP contribution in [0.25, 0.3) is 0 Å². The van der Waals surface area contributed by atoms with Crippen LogP contribution < -0.4 is 10.1 Å². The van der Waals surface area contributed by atoms with Crippen LogP contribution in [0, 0.1) is 0 Å². The molecule has 1 aromatic heterocycles. The molecule has 25 heavy (non-hydrogen) atoms. The average molecular weight is 358 g/mol. The van der Waals surface area contributed by atoms with E-state index in [-0.39, 0.29) is 11.7 Å². The highest BCUT2D eigenvalue weighted by Gasteiger charge is 2.30. The molecule has 7 heteroatoms. The number of amides is 1. The van der Waals surface area contributed by atoms with E-state index in [1.165, 1.54) is 11.8 Å². The van der Waals surface area contributed by atoms with Crippen molar-refractivity contribution in [1.82, 2.24) is 14.8 Å². The Labute approximate surface area is 151 Å². The van der Waals surface area contributed by atoms with E-state index in [1.54, 1.807) is 0 Å². The smallest absolute Gasteiger partial charge is 0.234 e. The van der Waals surface area contributed by atoms with Crippen molar-refractivity contribution in [2.75, 3.05) is 17.7 Å². The van der Waals surface area contributed by atoms with Crippen LogP contribution in [0.3, 0.4) is 0 Å². The monoisotopic (exact) mass is 358 g/mol. The molecule has 1 saturated carbocycles. The number of nitrogens with zero attached hydrogens (tertiary/aromatic N) is 3. The van der Waals surface area contributed by atoms with Crippen LogP contribution in [-0.4, -0.2) is 33.0 Å². The van der Waals surface area contributed by atoms with Crippen LogP contribution >= 0.6 is 11.8 Å². The maximum atomic E-state index is 12.2. The summed E-state index contributed by atoms with van der Waals surface area (Å²) in [5.74, 6) is 2.52. The molecule has 1 N–H and O–H groups in total. The number of benzene rings is 1. The van der Waals surface area contributed by atoms with Crippen LogP contribution in [-0.2, 0) is 11.3 Å². The second-order valence-corrected chi connectivity index (χ2v) is 6.75. The number of allylic oxidation sites excluding steroid dienone is 1. The number of thioether (sulfide) groups is 1. The zero-order valence-electron chi connectivity index (χ0n) is 14.3. The summed E-state index contributed by atoms with van der Waals surface area (Å²) < 4.78 is 7.45. The second kappa shape index (κ2) is 8.20. The van der Waals surface area contributed by atoms with E-state index in [9.17, 15) is 4.79 Å². The van der Waals surface area contributed by atoms with Crippen LogP contribution in [0.2, 0.25) is 0 Å². The first-order valence-electron chi connectivity index (χ1n) is 8.40. The Morgan fingerprint density at radius 3 is 2.80 bits per heavy atom. The van der Waals surface area contributed by atoms with E-state index in [2.05, 4.69) is 26.7 Å². The molecule has 0 aliphatic heterocycles. The summed E-state index contributed by atoms with van der Waals surface area (Å²) in [5.41, 5.74) is 0.750. The van der Waals surface area contributed by atoms with E-state index >= 15 is 0 Å². The van der Waals surface area contributed by atoms with Gasteiger partial charge in [0.15, 0.2) is 5.16 Å². The third-order valence-electron chi connectivity index (χ3n) is 3.78. The molecule has 6 nitrogen and oxygen atoms in total. The summed E-state index contributed by atoms with van der Waals surface area (Å²) in [6.07, 6.45) is 4.16. The Balaban J connectivity index is 1.56. The molecule has 132 valence electrons. The van der Waals surface area contributed by atoms with Gasteiger partial charge in [0.05, 0.1) is 12.4 Å². The molecular weight excluding hydrogens is 336 g/mol. The van der Waals surface area contributed by atoms with Gasteiger partial charge in [-0.15, -0.1) is 16.8 Å². The lowest BCUT2D eigenvalue weighted by molar-refractivity contribution is -0.113. The Morgan fingerprint density at radius 1 is 1.40 bits per heavy atom. The van der Waals surface area contributed by atoms with Gasteiger partial charge in [0.25, 0.3) is 0 Å². The third kappa shape index (κ3) is 4.63. The SMILES string of the molecule is C=CCn1c(SCC(=O)Nc2ccc(OCC)cc2)nnc1C1CC1. The van der Waals surface area contributed by atoms with Crippen molar-refractivity contribution in [3.8, 4) is 5.75 Å². The number of ether oxygens (including phenoxy) is 1. The number of carbonyl (C=O) groups is 1. The van der Waals surface area contributed by atoms with Crippen LogP contribution in [0.4, 0.5) is 5.69 Å². The largest absolute Gasteiger partial charge is 0.494 e. The van der Waals surface area contributed by atoms with E-state index < -0.39 is 0 Å². The van der Waals surface area contributed by atoms with E-state index in [0.29, 0.717) is 19.1 Å². The summed E-state index contributed by atoms with van der Waals surface area (Å²) >= 11 is 1.40. The second-order valence-electron chi connectivity index (χ2n) is 5.81. The molecule has 0 bridgehead atoms. The van der Waals surface area contributed by atoms with Crippen molar-refractivity contribution in [1.29, 1.82) is 0 Å². The standard InChI is InChI=1S/C18H22N4O2S/c1-3-11-22-17(13-5-6-13)20-21-18(22)25-12-16(23)19-14-7-9-15(10-8-14)24-4-2/h3,7-10,13H,1,4-6,11-12H2,2H3,(H,19,23). The zero-order valence-corrected chi connectivity index (χ0v) is 15.1. The first-order chi connectivity index (χ1) is 12.2. The van der Waals surface area contributed by atoms with Crippen molar-refractivity contribution in [2.45, 2.75) is 37.4 Å². The lowest BCUT2D eigenvalue weighted by Gasteiger charge is -2.08. The summed E-state index contributed by atoms with van der Waals surface area (Å²) in [6, 6.07) is 7.35. The average Bonchev–Trinajstić information content (AvgIpc) is 3.37. The molecule has 0 atom stereocenters. The van der Waals surface area contributed by atoms with Gasteiger partial charge in [-0.3, -0.25) is 4.79 Å². The molecule has 3 rings (SSSR count). The zero-order chi connectivity index (χ0) is 17.6. The molecule has 1 aromatic carbocycles. The predicted molar refractivity (Wildman–Crippen MR) is 99.2 cm³/mol. The Hall–Kier alpha value is -2.28. The summed E-state index contributed by atoms with van der Waals surface area (Å²) in [5, 5.41) is 12.2. The minimum absolute atomic E-state index is 0.0738. The summed E-state index contributed by atoms with van der Waals surface area (Å²) in [6.45, 7) is 7.02. The topological polar surface area (TPSA) is 69.0 Å². The van der Waals surface area contributed by atoms with Gasteiger partial charge < -0.3 is 14.6 Å². The van der Waals surface area contributed by atoms with Gasteiger partial charge in [0, 0.05) is 18.2 Å². The molecule has 2 aromatic rings. The van der Waals surface area contributed by atoms with Gasteiger partial charge in [-0.05, 0) is 44.0 Å². The van der Waals surface area contributed by atoms with Gasteiger partial charge in [0.2, 0.25) is 5.91 Å². The quantitative estimate of drug-likeness (QED) is 0.549. The fraction of sp³-hybridized carbons (Fsp3) is 0.389. The van der Waals surface area contributed by atoms with Gasteiger partial charge >= 0.3 is 0 Å². The van der Waals surface area contributed by atoms with Crippen molar-refractivity contribution < 1.29 is 9.53 Å². The van der Waals surface area contributed by atoms with Gasteiger partial charge in [-0.25, -0.2) is 0 Å². The highest BCUT2D eigenvalue weighted by molar-refractivity contribution is 7.99. The van der Waals surface area contributed by atoms with E-state index in [1.807, 2.05) is 37.3 Å². The molecule has 1 fully saturated rings. The van der Waals surface area contributed by atoms with Gasteiger partial charge in [-0.2, -0.15) is 0 Å². The summed E-state index contributed by atoms with van der Waals surface area (Å²) in [4.78, 5) is 12.2. The van der Waals surface area contributed by atoms with E-state index in [4.69, 9.17) is 4.74 Å². The summed E-state index contributed by atoms with van der Waals surface area (Å²) in [7, 11) is 0. The van der Waals surface area contributed by atoms with E-state index in [0.717, 1.165) is 35.3 Å². The van der Waals surface area contributed by atoms with Gasteiger partial charge in [0.1, 0.15) is 11.6 Å². The Bertz CT molecular complexity index is 738. The predicted octanol–water partition coefficient (Wildman–Crippen LogP) is 3.47. The third-order valence-corrected chi connectivity index (χ3v) is 4.75. The van der Waals surface area contributed by atoms with Crippen molar-refractivity contribution in [3.05, 3.63) is 42.7 Å². The molecule has 1 aliphatic rings. The number of hydrogen-bond donors (Lipinski definition) is 1. The Kier molecular flexibility index (Phi) is 5.75. The lowest BCUT2D eigenvalue weighted by atomic mass is 10.3. The highest BCUT2D eigenvalue weighted by Crippen LogP contribution is 2.40. The van der Waals surface area contributed by atoms with Gasteiger partial charge in [-0.1, -0.05) is 17.8 Å². The number of aromatic nitrogens is 3. The fourth-order valence-corrected chi connectivity index (χ4v) is 3.23. The van der Waals surface area contributed by atoms with Crippen molar-refractivity contribution >= 4 is 23.4 Å². The maximum Gasteiger partial charge on any atom is 0.234 e. The van der Waals surface area contributed by atoms with Crippen LogP contribution in [0.1, 0.15) is 31.5 Å². The number of nitrogens with one attached hydrogen (secondary N) is 1. The molecule has 0 radical (unpaired) electrons. The molecule has 1 amide bonds. The molecule has 1 heterocycles. The molecular formula is C18H22N4O2S. The Morgan fingerprint density at radius 2 is 2.16 bits per heavy atom. The van der Waals surface area contributed by atoms with Crippen molar-refractivity contribution in [2.24, 2.45) is 0 Å². The fourth-order valence-electron chi connectivity index (χ4n) is 2.48. The number of hydrogen-bond acceptors (Lipinski definition) is 5. The first kappa shape index (κ1) is 17.5. The highest BCUT2D eigenvalue weighted by atomic mass is 32.2. The number of carbonyl (C=O) groups excluding carboxylic acids is 1. The first-order valence-corrected chi connectivity index (χ1v) is 9.39. The van der Waals surface area contributed by atoms with Crippen LogP contribution in [0.15, 0.2) is 42.1 Å².